The number of carbonyl (C=O) groups is 1. The fourth-order valence-electron chi connectivity index (χ4n) is 3.46. The van der Waals surface area contributed by atoms with E-state index in [0.717, 1.165) is 37.6 Å². The zero-order valence-electron chi connectivity index (χ0n) is 15.8. The maximum Gasteiger partial charge on any atom is 0.433 e. The van der Waals surface area contributed by atoms with E-state index < -0.39 is 10.8 Å². The Morgan fingerprint density at radius 3 is 2.52 bits per heavy atom. The largest absolute Gasteiger partial charge is 0.433 e. The van der Waals surface area contributed by atoms with Crippen molar-refractivity contribution in [2.45, 2.75) is 6.54 Å². The monoisotopic (exact) mass is 395 g/mol. The van der Waals surface area contributed by atoms with Crippen LogP contribution < -0.4 is 0 Å². The molecule has 29 heavy (non-hydrogen) atoms. The molecule has 0 unspecified atom stereocenters. The summed E-state index contributed by atoms with van der Waals surface area (Å²) in [7, 11) is 0. The van der Waals surface area contributed by atoms with E-state index >= 15 is 0 Å². The third-order valence-corrected chi connectivity index (χ3v) is 5.05. The first-order chi connectivity index (χ1) is 14.1. The van der Waals surface area contributed by atoms with E-state index in [1.54, 1.807) is 4.90 Å². The van der Waals surface area contributed by atoms with E-state index in [4.69, 9.17) is 4.42 Å². The van der Waals surface area contributed by atoms with Crippen LogP contribution in [0.3, 0.4) is 0 Å². The second-order valence-electron chi connectivity index (χ2n) is 6.84. The van der Waals surface area contributed by atoms with Gasteiger partial charge in [-0.1, -0.05) is 30.3 Å². The van der Waals surface area contributed by atoms with Gasteiger partial charge in [0.1, 0.15) is 10.7 Å². The van der Waals surface area contributed by atoms with Gasteiger partial charge in [-0.15, -0.1) is 0 Å². The van der Waals surface area contributed by atoms with E-state index in [1.165, 1.54) is 12.1 Å². The number of piperazine rings is 1. The van der Waals surface area contributed by atoms with Crippen molar-refractivity contribution in [2.75, 3.05) is 32.7 Å². The number of benzene rings is 1. The van der Waals surface area contributed by atoms with Crippen LogP contribution in [0.15, 0.2) is 59.3 Å². The van der Waals surface area contributed by atoms with Crippen molar-refractivity contribution in [1.82, 2.24) is 19.4 Å². The molecule has 1 aliphatic heterocycles. The Hall–Kier alpha value is -3.46. The summed E-state index contributed by atoms with van der Waals surface area (Å²) in [5, 5.41) is 10.7. The molecule has 1 aromatic carbocycles. The zero-order chi connectivity index (χ0) is 20.2. The van der Waals surface area contributed by atoms with Gasteiger partial charge in [0.15, 0.2) is 5.76 Å². The van der Waals surface area contributed by atoms with Crippen molar-refractivity contribution in [3.05, 3.63) is 70.7 Å². The molecule has 1 fully saturated rings. The first kappa shape index (κ1) is 18.9. The summed E-state index contributed by atoms with van der Waals surface area (Å²) in [6.45, 7) is 4.26. The number of carbonyl (C=O) groups excluding carboxylic acids is 1. The molecule has 1 saturated heterocycles. The van der Waals surface area contributed by atoms with Gasteiger partial charge < -0.3 is 13.9 Å². The first-order valence-corrected chi connectivity index (χ1v) is 9.44. The number of rotatable bonds is 6. The Balaban J connectivity index is 1.30. The molecular formula is C20H21N5O4. The van der Waals surface area contributed by atoms with Crippen LogP contribution in [0.2, 0.25) is 0 Å². The molecule has 0 radical (unpaired) electrons. The highest BCUT2D eigenvalue weighted by atomic mass is 16.6. The van der Waals surface area contributed by atoms with Crippen LogP contribution in [0.5, 0.6) is 0 Å². The number of amides is 1. The lowest BCUT2D eigenvalue weighted by molar-refractivity contribution is -0.402. The Morgan fingerprint density at radius 1 is 1.07 bits per heavy atom. The smallest absolute Gasteiger partial charge is 0.395 e. The minimum atomic E-state index is -0.644. The molecule has 9 heteroatoms. The highest BCUT2D eigenvalue weighted by molar-refractivity contribution is 5.91. The fraction of sp³-hybridized carbons (Fsp3) is 0.300. The third-order valence-electron chi connectivity index (χ3n) is 5.05. The van der Waals surface area contributed by atoms with Crippen molar-refractivity contribution in [3.63, 3.8) is 0 Å². The van der Waals surface area contributed by atoms with Gasteiger partial charge in [0, 0.05) is 57.2 Å². The molecule has 0 aliphatic carbocycles. The van der Waals surface area contributed by atoms with Crippen LogP contribution in [0.25, 0.3) is 11.4 Å². The van der Waals surface area contributed by atoms with E-state index in [0.29, 0.717) is 13.1 Å². The topological polar surface area (TPSA) is 97.6 Å². The average molecular weight is 395 g/mol. The van der Waals surface area contributed by atoms with Gasteiger partial charge in [0.25, 0.3) is 5.91 Å². The number of aromatic nitrogens is 2. The summed E-state index contributed by atoms with van der Waals surface area (Å²) >= 11 is 0. The first-order valence-electron chi connectivity index (χ1n) is 9.44. The van der Waals surface area contributed by atoms with Gasteiger partial charge in [0.05, 0.1) is 6.07 Å². The molecular weight excluding hydrogens is 374 g/mol. The molecule has 0 atom stereocenters. The van der Waals surface area contributed by atoms with Gasteiger partial charge in [-0.3, -0.25) is 19.8 Å². The van der Waals surface area contributed by atoms with Crippen molar-refractivity contribution in [1.29, 1.82) is 0 Å². The lowest BCUT2D eigenvalue weighted by Crippen LogP contribution is -2.49. The minimum Gasteiger partial charge on any atom is -0.395 e. The molecule has 1 amide bonds. The van der Waals surface area contributed by atoms with E-state index in [2.05, 4.69) is 14.5 Å². The molecule has 3 aromatic rings. The van der Waals surface area contributed by atoms with Gasteiger partial charge in [-0.05, 0) is 6.07 Å². The molecule has 9 nitrogen and oxygen atoms in total. The van der Waals surface area contributed by atoms with Gasteiger partial charge in [-0.25, -0.2) is 4.98 Å². The SMILES string of the molecule is O=C(c1ccc([N+](=O)[O-])o1)N1CCN(CCn2ccnc2-c2ccccc2)CC1. The summed E-state index contributed by atoms with van der Waals surface area (Å²) in [5.41, 5.74) is 1.08. The van der Waals surface area contributed by atoms with Gasteiger partial charge in [0.2, 0.25) is 0 Å². The van der Waals surface area contributed by atoms with Gasteiger partial charge in [-0.2, -0.15) is 0 Å². The van der Waals surface area contributed by atoms with Crippen LogP contribution in [0, 0.1) is 10.1 Å². The third kappa shape index (κ3) is 4.19. The molecule has 0 N–H and O–H groups in total. The van der Waals surface area contributed by atoms with Crippen molar-refractivity contribution in [2.24, 2.45) is 0 Å². The fourth-order valence-corrected chi connectivity index (χ4v) is 3.46. The van der Waals surface area contributed by atoms with Gasteiger partial charge >= 0.3 is 5.88 Å². The Kier molecular flexibility index (Phi) is 5.39. The second-order valence-corrected chi connectivity index (χ2v) is 6.84. The number of imidazole rings is 1. The molecule has 3 heterocycles. The Bertz CT molecular complexity index is 989. The number of hydrogen-bond acceptors (Lipinski definition) is 6. The predicted octanol–water partition coefficient (Wildman–Crippen LogP) is 2.51. The highest BCUT2D eigenvalue weighted by Gasteiger charge is 2.26. The van der Waals surface area contributed by atoms with Crippen molar-refractivity contribution < 1.29 is 14.1 Å². The summed E-state index contributed by atoms with van der Waals surface area (Å²) in [5.74, 6) is 0.232. The minimum absolute atomic E-state index is 0.0102. The Morgan fingerprint density at radius 2 is 1.83 bits per heavy atom. The molecule has 2 aromatic heterocycles. The van der Waals surface area contributed by atoms with Crippen molar-refractivity contribution >= 4 is 11.8 Å². The Labute approximate surface area is 167 Å². The second kappa shape index (κ2) is 8.27. The summed E-state index contributed by atoms with van der Waals surface area (Å²) in [4.78, 5) is 31.0. The number of hydrogen-bond donors (Lipinski definition) is 0. The maximum atomic E-state index is 12.5. The quantitative estimate of drug-likeness (QED) is 0.470. The normalized spacial score (nSPS) is 14.8. The van der Waals surface area contributed by atoms with E-state index in [9.17, 15) is 14.9 Å². The van der Waals surface area contributed by atoms with Crippen molar-refractivity contribution in [3.8, 4) is 11.4 Å². The lowest BCUT2D eigenvalue weighted by Gasteiger charge is -2.34. The molecule has 1 aliphatic rings. The average Bonchev–Trinajstić information content (AvgIpc) is 3.43. The van der Waals surface area contributed by atoms with Crippen LogP contribution >= 0.6 is 0 Å². The number of furan rings is 1. The summed E-state index contributed by atoms with van der Waals surface area (Å²) in [6.07, 6.45) is 3.79. The molecule has 0 saturated carbocycles. The molecule has 0 bridgehead atoms. The molecule has 4 rings (SSSR count). The van der Waals surface area contributed by atoms with Crippen LogP contribution in [-0.2, 0) is 6.54 Å². The zero-order valence-corrected chi connectivity index (χ0v) is 15.8. The summed E-state index contributed by atoms with van der Waals surface area (Å²) < 4.78 is 7.16. The number of nitrogens with zero attached hydrogens (tertiary/aromatic N) is 5. The molecule has 0 spiro atoms. The van der Waals surface area contributed by atoms with E-state index in [-0.39, 0.29) is 11.7 Å². The lowest BCUT2D eigenvalue weighted by atomic mass is 10.2. The highest BCUT2D eigenvalue weighted by Crippen LogP contribution is 2.19. The van der Waals surface area contributed by atoms with Crippen LogP contribution in [0.1, 0.15) is 10.6 Å². The standard InChI is InChI=1S/C20H21N5O4/c26-20(17-6-7-18(29-17)25(27)28)24-14-11-22(12-15-24)10-13-23-9-8-21-19(23)16-4-2-1-3-5-16/h1-9H,10-15H2. The predicted molar refractivity (Wildman–Crippen MR) is 105 cm³/mol. The molecule has 150 valence electrons. The van der Waals surface area contributed by atoms with Crippen LogP contribution in [0.4, 0.5) is 5.88 Å². The van der Waals surface area contributed by atoms with Crippen LogP contribution in [-0.4, -0.2) is 62.9 Å². The maximum absolute atomic E-state index is 12.5. The van der Waals surface area contributed by atoms with E-state index in [1.807, 2.05) is 42.7 Å². The summed E-state index contributed by atoms with van der Waals surface area (Å²) in [6, 6.07) is 12.6. The number of nitro groups is 1.